The van der Waals surface area contributed by atoms with Crippen LogP contribution in [0.4, 0.5) is 4.39 Å². The maximum atomic E-state index is 13.3. The maximum Gasteiger partial charge on any atom is 0.338 e. The maximum absolute atomic E-state index is 13.3. The first kappa shape index (κ1) is 14.6. The zero-order chi connectivity index (χ0) is 14.1. The van der Waals surface area contributed by atoms with Crippen molar-refractivity contribution in [1.82, 2.24) is 0 Å². The smallest absolute Gasteiger partial charge is 0.338 e. The topological polar surface area (TPSA) is 86.5 Å². The van der Waals surface area contributed by atoms with Gasteiger partial charge >= 0.3 is 5.97 Å². The molecule has 1 rings (SSSR count). The first-order chi connectivity index (χ1) is 8.00. The van der Waals surface area contributed by atoms with Crippen LogP contribution in [-0.4, -0.2) is 20.0 Å². The van der Waals surface area contributed by atoms with Gasteiger partial charge in [0.05, 0.1) is 5.56 Å². The van der Waals surface area contributed by atoms with E-state index in [-0.39, 0.29) is 5.56 Å². The number of carbonyl (C=O) groups excluding carboxylic acids is 1. The van der Waals surface area contributed by atoms with Crippen LogP contribution < -0.4 is 5.14 Å². The molecule has 0 atom stereocenters. The lowest BCUT2D eigenvalue weighted by Gasteiger charge is -2.19. The van der Waals surface area contributed by atoms with Gasteiger partial charge in [0, 0.05) is 0 Å². The third-order valence-electron chi connectivity index (χ3n) is 1.87. The van der Waals surface area contributed by atoms with Gasteiger partial charge in [-0.1, -0.05) is 0 Å². The lowest BCUT2D eigenvalue weighted by Crippen LogP contribution is -2.24. The molecule has 5 nitrogen and oxygen atoms in total. The van der Waals surface area contributed by atoms with Crippen molar-refractivity contribution in [2.75, 3.05) is 0 Å². The summed E-state index contributed by atoms with van der Waals surface area (Å²) in [7, 11) is -4.22. The summed E-state index contributed by atoms with van der Waals surface area (Å²) in [5.74, 6) is -1.75. The Morgan fingerprint density at radius 1 is 1.33 bits per heavy atom. The zero-order valence-electron chi connectivity index (χ0n) is 10.2. The van der Waals surface area contributed by atoms with Crippen molar-refractivity contribution in [3.8, 4) is 0 Å². The normalized spacial score (nSPS) is 12.3. The van der Waals surface area contributed by atoms with E-state index in [0.717, 1.165) is 18.2 Å². The number of hydrogen-bond acceptors (Lipinski definition) is 4. The molecule has 0 aliphatic rings. The Balaban J connectivity index is 3.18. The molecule has 0 radical (unpaired) electrons. The van der Waals surface area contributed by atoms with Crippen molar-refractivity contribution in [2.45, 2.75) is 31.3 Å². The van der Waals surface area contributed by atoms with Crippen molar-refractivity contribution < 1.29 is 22.3 Å². The summed E-state index contributed by atoms with van der Waals surface area (Å²) in [6.45, 7) is 4.99. The molecule has 0 fully saturated rings. The van der Waals surface area contributed by atoms with Gasteiger partial charge in [-0.2, -0.15) is 0 Å². The van der Waals surface area contributed by atoms with Crippen LogP contribution in [0.15, 0.2) is 23.1 Å². The van der Waals surface area contributed by atoms with E-state index in [1.807, 2.05) is 0 Å². The molecule has 2 N–H and O–H groups in total. The molecule has 0 aliphatic carbocycles. The molecule has 0 unspecified atom stereocenters. The molecule has 1 aromatic carbocycles. The first-order valence-corrected chi connectivity index (χ1v) is 6.61. The van der Waals surface area contributed by atoms with Crippen molar-refractivity contribution in [3.63, 3.8) is 0 Å². The largest absolute Gasteiger partial charge is 0.456 e. The molecule has 1 aromatic rings. The highest BCUT2D eigenvalue weighted by molar-refractivity contribution is 7.89. The fourth-order valence-corrected chi connectivity index (χ4v) is 1.82. The van der Waals surface area contributed by atoms with Gasteiger partial charge in [0.2, 0.25) is 10.0 Å². The van der Waals surface area contributed by atoms with Crippen molar-refractivity contribution >= 4 is 16.0 Å². The van der Waals surface area contributed by atoms with Crippen LogP contribution in [0.2, 0.25) is 0 Å². The molecule has 0 saturated carbocycles. The average molecular weight is 275 g/mol. The van der Waals surface area contributed by atoms with Crippen LogP contribution >= 0.6 is 0 Å². The number of nitrogens with two attached hydrogens (primary N) is 1. The molecule has 7 heteroatoms. The Morgan fingerprint density at radius 3 is 2.33 bits per heavy atom. The average Bonchev–Trinajstić information content (AvgIpc) is 2.13. The molecule has 0 aromatic heterocycles. The zero-order valence-corrected chi connectivity index (χ0v) is 11.0. The van der Waals surface area contributed by atoms with E-state index >= 15 is 0 Å². The van der Waals surface area contributed by atoms with Crippen LogP contribution in [0, 0.1) is 5.82 Å². The van der Waals surface area contributed by atoms with Crippen LogP contribution in [-0.2, 0) is 14.8 Å². The number of sulfonamides is 1. The van der Waals surface area contributed by atoms with Gasteiger partial charge in [-0.05, 0) is 39.0 Å². The van der Waals surface area contributed by atoms with E-state index in [0.29, 0.717) is 0 Å². The summed E-state index contributed by atoms with van der Waals surface area (Å²) in [6.07, 6.45) is 0. The molecule has 0 amide bonds. The molecule has 0 spiro atoms. The molecule has 0 heterocycles. The van der Waals surface area contributed by atoms with Gasteiger partial charge in [-0.3, -0.25) is 0 Å². The number of carbonyl (C=O) groups is 1. The summed E-state index contributed by atoms with van der Waals surface area (Å²) >= 11 is 0. The minimum absolute atomic E-state index is 0.0737. The standard InChI is InChI=1S/C11H14FNO4S/c1-11(2,3)17-10(14)7-4-5-8(12)9(6-7)18(13,15)16/h4-6H,1-3H3,(H2,13,15,16). The van der Waals surface area contributed by atoms with Gasteiger partial charge in [0.1, 0.15) is 16.3 Å². The van der Waals surface area contributed by atoms with Gasteiger partial charge in [0.15, 0.2) is 0 Å². The third-order valence-corrected chi connectivity index (χ3v) is 2.80. The van der Waals surface area contributed by atoms with E-state index < -0.39 is 32.3 Å². The predicted molar refractivity (Wildman–Crippen MR) is 62.9 cm³/mol. The minimum Gasteiger partial charge on any atom is -0.456 e. The number of esters is 1. The molecule has 0 aliphatic heterocycles. The number of ether oxygens (including phenoxy) is 1. The van der Waals surface area contributed by atoms with Crippen LogP contribution in [0.5, 0.6) is 0 Å². The van der Waals surface area contributed by atoms with E-state index in [1.54, 1.807) is 20.8 Å². The van der Waals surface area contributed by atoms with E-state index in [1.165, 1.54) is 0 Å². The Bertz CT molecular complexity index is 575. The Hall–Kier alpha value is -1.47. The predicted octanol–water partition coefficient (Wildman–Crippen LogP) is 1.43. The van der Waals surface area contributed by atoms with Gasteiger partial charge < -0.3 is 4.74 Å². The highest BCUT2D eigenvalue weighted by atomic mass is 32.2. The van der Waals surface area contributed by atoms with Crippen LogP contribution in [0.3, 0.4) is 0 Å². The van der Waals surface area contributed by atoms with Crippen molar-refractivity contribution in [3.05, 3.63) is 29.6 Å². The summed E-state index contributed by atoms with van der Waals surface area (Å²) in [5.41, 5.74) is -0.803. The summed E-state index contributed by atoms with van der Waals surface area (Å²) in [4.78, 5) is 10.9. The van der Waals surface area contributed by atoms with Crippen molar-refractivity contribution in [1.29, 1.82) is 0 Å². The quantitative estimate of drug-likeness (QED) is 0.827. The highest BCUT2D eigenvalue weighted by Crippen LogP contribution is 2.18. The van der Waals surface area contributed by atoms with E-state index in [9.17, 15) is 17.6 Å². The lowest BCUT2D eigenvalue weighted by molar-refractivity contribution is 0.00692. The Morgan fingerprint density at radius 2 is 1.89 bits per heavy atom. The highest BCUT2D eigenvalue weighted by Gasteiger charge is 2.21. The number of hydrogen-bond donors (Lipinski definition) is 1. The second kappa shape index (κ2) is 4.66. The minimum atomic E-state index is -4.22. The van der Waals surface area contributed by atoms with Gasteiger partial charge in [-0.25, -0.2) is 22.7 Å². The molecule has 0 bridgehead atoms. The molecule has 0 saturated heterocycles. The van der Waals surface area contributed by atoms with Gasteiger partial charge in [-0.15, -0.1) is 0 Å². The monoisotopic (exact) mass is 275 g/mol. The fraction of sp³-hybridized carbons (Fsp3) is 0.364. The summed E-state index contributed by atoms with van der Waals surface area (Å²) < 4.78 is 40.5. The molecular weight excluding hydrogens is 261 g/mol. The number of benzene rings is 1. The number of primary sulfonamides is 1. The SMILES string of the molecule is CC(C)(C)OC(=O)c1ccc(F)c(S(N)(=O)=O)c1. The second-order valence-electron chi connectivity index (χ2n) is 4.69. The van der Waals surface area contributed by atoms with Gasteiger partial charge in [0.25, 0.3) is 0 Å². The third kappa shape index (κ3) is 3.78. The molecule has 100 valence electrons. The lowest BCUT2D eigenvalue weighted by atomic mass is 10.1. The Kier molecular flexibility index (Phi) is 3.78. The Labute approximate surface area is 105 Å². The van der Waals surface area contributed by atoms with Crippen LogP contribution in [0.25, 0.3) is 0 Å². The molecule has 18 heavy (non-hydrogen) atoms. The molecular formula is C11H14FNO4S. The van der Waals surface area contributed by atoms with Crippen LogP contribution in [0.1, 0.15) is 31.1 Å². The van der Waals surface area contributed by atoms with Crippen molar-refractivity contribution in [2.24, 2.45) is 5.14 Å². The van der Waals surface area contributed by atoms with E-state index in [4.69, 9.17) is 9.88 Å². The second-order valence-corrected chi connectivity index (χ2v) is 6.22. The van der Waals surface area contributed by atoms with E-state index in [2.05, 4.69) is 0 Å². The fourth-order valence-electron chi connectivity index (χ4n) is 1.19. The number of halogens is 1. The summed E-state index contributed by atoms with van der Waals surface area (Å²) in [6, 6.07) is 2.86. The number of rotatable bonds is 2. The summed E-state index contributed by atoms with van der Waals surface area (Å²) in [5, 5.41) is 4.83. The first-order valence-electron chi connectivity index (χ1n) is 5.06.